The standard InChI is InChI=1S/C21H26N2O3S/c1-3-4-13-26-18-9-11-19(12-10-18)27(24,25)23-16(2)14-17-15-22-21-8-6-5-7-20(17)21/h5-12,15-16,22-23H,3-4,13-14H2,1-2H3. The Bertz CT molecular complexity index is 978. The van der Waals surface area contributed by atoms with Gasteiger partial charge in [0, 0.05) is 23.1 Å². The maximum atomic E-state index is 12.6. The van der Waals surface area contributed by atoms with Crippen LogP contribution in [0.1, 0.15) is 32.3 Å². The second-order valence-electron chi connectivity index (χ2n) is 6.76. The molecule has 0 spiro atoms. The summed E-state index contributed by atoms with van der Waals surface area (Å²) in [5.74, 6) is 0.689. The van der Waals surface area contributed by atoms with Gasteiger partial charge in [0.25, 0.3) is 0 Å². The molecule has 1 unspecified atom stereocenters. The van der Waals surface area contributed by atoms with Crippen LogP contribution in [-0.4, -0.2) is 26.1 Å². The summed E-state index contributed by atoms with van der Waals surface area (Å²) in [5.41, 5.74) is 2.15. The van der Waals surface area contributed by atoms with Crippen molar-refractivity contribution in [2.45, 2.75) is 44.0 Å². The molecule has 0 aliphatic rings. The summed E-state index contributed by atoms with van der Waals surface area (Å²) in [6.07, 6.45) is 4.59. The maximum Gasteiger partial charge on any atom is 0.240 e. The van der Waals surface area contributed by atoms with E-state index in [1.165, 1.54) is 0 Å². The molecular weight excluding hydrogens is 360 g/mol. The molecule has 1 aromatic heterocycles. The average molecular weight is 387 g/mol. The molecule has 5 nitrogen and oxygen atoms in total. The molecule has 0 fully saturated rings. The molecule has 0 saturated heterocycles. The van der Waals surface area contributed by atoms with E-state index in [1.807, 2.05) is 37.4 Å². The van der Waals surface area contributed by atoms with Gasteiger partial charge >= 0.3 is 0 Å². The second kappa shape index (κ2) is 8.59. The molecule has 6 heteroatoms. The predicted molar refractivity (Wildman–Crippen MR) is 109 cm³/mol. The number of hydrogen-bond donors (Lipinski definition) is 2. The molecule has 1 heterocycles. The van der Waals surface area contributed by atoms with Crippen LogP contribution >= 0.6 is 0 Å². The fourth-order valence-corrected chi connectivity index (χ4v) is 4.30. The Labute approximate surface area is 160 Å². The first-order valence-electron chi connectivity index (χ1n) is 9.30. The van der Waals surface area contributed by atoms with Gasteiger partial charge in [0.15, 0.2) is 0 Å². The molecule has 2 aromatic carbocycles. The minimum absolute atomic E-state index is 0.227. The van der Waals surface area contributed by atoms with E-state index in [0.717, 1.165) is 29.3 Å². The molecule has 1 atom stereocenters. The Balaban J connectivity index is 1.64. The van der Waals surface area contributed by atoms with Crippen LogP contribution in [-0.2, 0) is 16.4 Å². The van der Waals surface area contributed by atoms with Crippen molar-refractivity contribution in [1.29, 1.82) is 0 Å². The Morgan fingerprint density at radius 1 is 1.11 bits per heavy atom. The van der Waals surface area contributed by atoms with Crippen molar-refractivity contribution < 1.29 is 13.2 Å². The largest absolute Gasteiger partial charge is 0.494 e. The molecule has 2 N–H and O–H groups in total. The van der Waals surface area contributed by atoms with Gasteiger partial charge in [0.2, 0.25) is 10.0 Å². The lowest BCUT2D eigenvalue weighted by Gasteiger charge is -2.14. The highest BCUT2D eigenvalue weighted by molar-refractivity contribution is 7.89. The van der Waals surface area contributed by atoms with Crippen molar-refractivity contribution in [3.8, 4) is 5.75 Å². The van der Waals surface area contributed by atoms with Crippen molar-refractivity contribution in [3.63, 3.8) is 0 Å². The van der Waals surface area contributed by atoms with E-state index in [-0.39, 0.29) is 10.9 Å². The number of rotatable bonds is 9. The van der Waals surface area contributed by atoms with E-state index in [1.54, 1.807) is 24.3 Å². The van der Waals surface area contributed by atoms with Crippen LogP contribution in [0.2, 0.25) is 0 Å². The number of hydrogen-bond acceptors (Lipinski definition) is 3. The molecule has 0 bridgehead atoms. The molecule has 0 amide bonds. The molecule has 27 heavy (non-hydrogen) atoms. The van der Waals surface area contributed by atoms with Crippen LogP contribution in [0, 0.1) is 0 Å². The Hall–Kier alpha value is -2.31. The number of unbranched alkanes of at least 4 members (excludes halogenated alkanes) is 1. The van der Waals surface area contributed by atoms with Crippen LogP contribution in [0.25, 0.3) is 10.9 Å². The van der Waals surface area contributed by atoms with Crippen molar-refractivity contribution in [1.82, 2.24) is 9.71 Å². The minimum atomic E-state index is -3.57. The van der Waals surface area contributed by atoms with E-state index in [9.17, 15) is 8.42 Å². The second-order valence-corrected chi connectivity index (χ2v) is 8.47. The maximum absolute atomic E-state index is 12.6. The zero-order valence-corrected chi connectivity index (χ0v) is 16.6. The highest BCUT2D eigenvalue weighted by Crippen LogP contribution is 2.20. The van der Waals surface area contributed by atoms with Crippen molar-refractivity contribution in [2.75, 3.05) is 6.61 Å². The lowest BCUT2D eigenvalue weighted by molar-refractivity contribution is 0.309. The molecule has 0 radical (unpaired) electrons. The monoisotopic (exact) mass is 386 g/mol. The first kappa shape index (κ1) is 19.5. The van der Waals surface area contributed by atoms with E-state index >= 15 is 0 Å². The molecule has 3 rings (SSSR count). The normalized spacial score (nSPS) is 13.0. The van der Waals surface area contributed by atoms with Gasteiger partial charge in [-0.05, 0) is 55.7 Å². The highest BCUT2D eigenvalue weighted by atomic mass is 32.2. The number of benzene rings is 2. The highest BCUT2D eigenvalue weighted by Gasteiger charge is 2.18. The van der Waals surface area contributed by atoms with Gasteiger partial charge in [-0.2, -0.15) is 0 Å². The number of sulfonamides is 1. The summed E-state index contributed by atoms with van der Waals surface area (Å²) in [7, 11) is -3.57. The third kappa shape index (κ3) is 4.90. The summed E-state index contributed by atoms with van der Waals surface area (Å²) in [5, 5.41) is 1.12. The lowest BCUT2D eigenvalue weighted by atomic mass is 10.1. The predicted octanol–water partition coefficient (Wildman–Crippen LogP) is 4.26. The smallest absolute Gasteiger partial charge is 0.240 e. The number of nitrogens with one attached hydrogen (secondary N) is 2. The van der Waals surface area contributed by atoms with Crippen molar-refractivity contribution >= 4 is 20.9 Å². The van der Waals surface area contributed by atoms with E-state index < -0.39 is 10.0 Å². The minimum Gasteiger partial charge on any atom is -0.494 e. The van der Waals surface area contributed by atoms with E-state index in [2.05, 4.69) is 16.6 Å². The zero-order valence-electron chi connectivity index (χ0n) is 15.7. The third-order valence-corrected chi connectivity index (χ3v) is 6.06. The first-order valence-corrected chi connectivity index (χ1v) is 10.8. The van der Waals surface area contributed by atoms with Crippen LogP contribution in [0.15, 0.2) is 59.6 Å². The topological polar surface area (TPSA) is 71.2 Å². The van der Waals surface area contributed by atoms with Crippen molar-refractivity contribution in [2.24, 2.45) is 0 Å². The van der Waals surface area contributed by atoms with Gasteiger partial charge in [-0.1, -0.05) is 31.5 Å². The fourth-order valence-electron chi connectivity index (χ4n) is 3.05. The van der Waals surface area contributed by atoms with Gasteiger partial charge in [-0.25, -0.2) is 13.1 Å². The number of H-pyrrole nitrogens is 1. The molecule has 0 aliphatic carbocycles. The number of aromatic amines is 1. The zero-order chi connectivity index (χ0) is 19.3. The van der Waals surface area contributed by atoms with Crippen LogP contribution in [0.5, 0.6) is 5.75 Å². The third-order valence-electron chi connectivity index (χ3n) is 4.46. The van der Waals surface area contributed by atoms with Crippen LogP contribution in [0.4, 0.5) is 0 Å². The van der Waals surface area contributed by atoms with Gasteiger partial charge in [0.1, 0.15) is 5.75 Å². The fraction of sp³-hybridized carbons (Fsp3) is 0.333. The van der Waals surface area contributed by atoms with Crippen LogP contribution in [0.3, 0.4) is 0 Å². The Morgan fingerprint density at radius 3 is 2.59 bits per heavy atom. The van der Waals surface area contributed by atoms with Crippen LogP contribution < -0.4 is 9.46 Å². The van der Waals surface area contributed by atoms with E-state index in [4.69, 9.17) is 4.74 Å². The molecule has 0 saturated carbocycles. The lowest BCUT2D eigenvalue weighted by Crippen LogP contribution is -2.34. The van der Waals surface area contributed by atoms with Gasteiger partial charge < -0.3 is 9.72 Å². The summed E-state index contributed by atoms with van der Waals surface area (Å²) < 4.78 is 33.6. The molecule has 0 aliphatic heterocycles. The summed E-state index contributed by atoms with van der Waals surface area (Å²) in [4.78, 5) is 3.47. The summed E-state index contributed by atoms with van der Waals surface area (Å²) in [6, 6.07) is 14.4. The Morgan fingerprint density at radius 2 is 1.85 bits per heavy atom. The number of fused-ring (bicyclic) bond motifs is 1. The number of ether oxygens (including phenoxy) is 1. The SMILES string of the molecule is CCCCOc1ccc(S(=O)(=O)NC(C)Cc2c[nH]c3ccccc23)cc1. The molecular formula is C21H26N2O3S. The summed E-state index contributed by atoms with van der Waals surface area (Å²) in [6.45, 7) is 4.62. The number of aromatic nitrogens is 1. The Kier molecular flexibility index (Phi) is 6.19. The first-order chi connectivity index (χ1) is 13.0. The molecule has 144 valence electrons. The quantitative estimate of drug-likeness (QED) is 0.540. The van der Waals surface area contributed by atoms with Gasteiger partial charge in [-0.15, -0.1) is 0 Å². The average Bonchev–Trinajstić information content (AvgIpc) is 3.05. The van der Waals surface area contributed by atoms with Gasteiger partial charge in [-0.3, -0.25) is 0 Å². The number of para-hydroxylation sites is 1. The van der Waals surface area contributed by atoms with E-state index in [0.29, 0.717) is 18.8 Å². The van der Waals surface area contributed by atoms with Crippen molar-refractivity contribution in [3.05, 3.63) is 60.3 Å². The molecule has 3 aromatic rings. The van der Waals surface area contributed by atoms with Gasteiger partial charge in [0.05, 0.1) is 11.5 Å². The summed E-state index contributed by atoms with van der Waals surface area (Å²) >= 11 is 0.